The summed E-state index contributed by atoms with van der Waals surface area (Å²) >= 11 is 0. The van der Waals surface area contributed by atoms with Gasteiger partial charge in [0, 0.05) is 32.0 Å². The average Bonchev–Trinajstić information content (AvgIpc) is 2.39. The molecule has 98 valence electrons. The third-order valence-corrected chi connectivity index (χ3v) is 2.64. The quantitative estimate of drug-likeness (QED) is 0.649. The zero-order valence-corrected chi connectivity index (χ0v) is 10.9. The van der Waals surface area contributed by atoms with E-state index in [9.17, 15) is 0 Å². The molecule has 0 unspecified atom stereocenters. The summed E-state index contributed by atoms with van der Waals surface area (Å²) < 4.78 is 5.75. The number of hydrogen-bond donors (Lipinski definition) is 2. The van der Waals surface area contributed by atoms with Gasteiger partial charge in [-0.15, -0.1) is 0 Å². The van der Waals surface area contributed by atoms with Crippen LogP contribution in [0.5, 0.6) is 11.5 Å². The lowest BCUT2D eigenvalue weighted by atomic mass is 10.2. The molecule has 0 aliphatic rings. The van der Waals surface area contributed by atoms with Crippen LogP contribution in [-0.2, 0) is 0 Å². The van der Waals surface area contributed by atoms with Crippen molar-refractivity contribution in [3.63, 3.8) is 0 Å². The number of nitrogens with two attached hydrogens (primary N) is 1. The second kappa shape index (κ2) is 5.39. The van der Waals surface area contributed by atoms with Crippen molar-refractivity contribution in [3.05, 3.63) is 48.3 Å². The first-order chi connectivity index (χ1) is 9.08. The van der Waals surface area contributed by atoms with Crippen molar-refractivity contribution in [3.8, 4) is 11.5 Å². The topological polar surface area (TPSA) is 75.2 Å². The molecular formula is C14H16N4O. The maximum Gasteiger partial charge on any atom is 0.156 e. The van der Waals surface area contributed by atoms with Gasteiger partial charge in [-0.3, -0.25) is 10.4 Å². The van der Waals surface area contributed by atoms with E-state index in [1.807, 2.05) is 43.3 Å². The lowest BCUT2D eigenvalue weighted by molar-refractivity contribution is 0.479. The van der Waals surface area contributed by atoms with Crippen molar-refractivity contribution in [1.82, 2.24) is 4.98 Å². The van der Waals surface area contributed by atoms with Crippen LogP contribution in [0, 0.1) is 5.41 Å². The molecule has 0 amide bonds. The first kappa shape index (κ1) is 12.9. The first-order valence-corrected chi connectivity index (χ1v) is 5.81. The number of nitrogen functional groups attached to an aromatic ring is 1. The van der Waals surface area contributed by atoms with Gasteiger partial charge < -0.3 is 15.4 Å². The lowest BCUT2D eigenvalue weighted by Crippen LogP contribution is -2.12. The van der Waals surface area contributed by atoms with Crippen molar-refractivity contribution in [2.24, 2.45) is 5.73 Å². The maximum absolute atomic E-state index is 7.51. The van der Waals surface area contributed by atoms with Crippen LogP contribution in [0.25, 0.3) is 0 Å². The van der Waals surface area contributed by atoms with Crippen molar-refractivity contribution in [2.75, 3.05) is 19.0 Å². The number of pyridine rings is 1. The number of nitrogens with one attached hydrogen (secondary N) is 1. The van der Waals surface area contributed by atoms with Crippen molar-refractivity contribution in [2.45, 2.75) is 0 Å². The number of benzene rings is 1. The molecule has 5 heteroatoms. The molecule has 2 rings (SSSR count). The van der Waals surface area contributed by atoms with Gasteiger partial charge in [0.2, 0.25) is 0 Å². The number of amidine groups is 1. The summed E-state index contributed by atoms with van der Waals surface area (Å²) in [6, 6.07) is 9.32. The molecule has 5 nitrogen and oxygen atoms in total. The first-order valence-electron chi connectivity index (χ1n) is 5.81. The van der Waals surface area contributed by atoms with Gasteiger partial charge in [0.15, 0.2) is 5.75 Å². The molecule has 19 heavy (non-hydrogen) atoms. The minimum Gasteiger partial charge on any atom is -0.455 e. The predicted octanol–water partition coefficient (Wildman–Crippen LogP) is 2.22. The fourth-order valence-corrected chi connectivity index (χ4v) is 1.64. The molecule has 1 aromatic heterocycles. The third kappa shape index (κ3) is 3.01. The van der Waals surface area contributed by atoms with Gasteiger partial charge in [0.25, 0.3) is 0 Å². The van der Waals surface area contributed by atoms with Gasteiger partial charge in [0.1, 0.15) is 11.6 Å². The fourth-order valence-electron chi connectivity index (χ4n) is 1.64. The van der Waals surface area contributed by atoms with Crippen LogP contribution in [0.4, 0.5) is 5.69 Å². The molecule has 1 aromatic carbocycles. The van der Waals surface area contributed by atoms with Crippen molar-refractivity contribution < 1.29 is 4.74 Å². The van der Waals surface area contributed by atoms with Crippen LogP contribution < -0.4 is 15.4 Å². The highest BCUT2D eigenvalue weighted by molar-refractivity contribution is 5.97. The Morgan fingerprint density at radius 1 is 1.32 bits per heavy atom. The molecule has 0 saturated carbocycles. The molecule has 0 spiro atoms. The van der Waals surface area contributed by atoms with Crippen LogP contribution in [0.2, 0.25) is 0 Å². The highest BCUT2D eigenvalue weighted by atomic mass is 16.5. The average molecular weight is 256 g/mol. The zero-order chi connectivity index (χ0) is 13.8. The monoisotopic (exact) mass is 256 g/mol. The lowest BCUT2D eigenvalue weighted by Gasteiger charge is -2.14. The molecular weight excluding hydrogens is 240 g/mol. The summed E-state index contributed by atoms with van der Waals surface area (Å²) in [4.78, 5) is 5.98. The number of nitrogens with zero attached hydrogens (tertiary/aromatic N) is 2. The maximum atomic E-state index is 7.51. The van der Waals surface area contributed by atoms with E-state index < -0.39 is 0 Å². The summed E-state index contributed by atoms with van der Waals surface area (Å²) in [6.07, 6.45) is 3.14. The molecule has 1 heterocycles. The standard InChI is InChI=1S/C14H16N4O/c1-18(2)10-4-3-5-11(8-10)19-13-9-17-7-6-12(13)14(15)16/h3-9H,1-2H3,(H3,15,16). The summed E-state index contributed by atoms with van der Waals surface area (Å²) in [6.45, 7) is 0. The molecule has 0 fully saturated rings. The van der Waals surface area contributed by atoms with Crippen LogP contribution >= 0.6 is 0 Å². The van der Waals surface area contributed by atoms with Crippen LogP contribution in [0.3, 0.4) is 0 Å². The summed E-state index contributed by atoms with van der Waals surface area (Å²) in [7, 11) is 3.92. The highest BCUT2D eigenvalue weighted by Crippen LogP contribution is 2.26. The normalized spacial score (nSPS) is 10.0. The van der Waals surface area contributed by atoms with Gasteiger partial charge >= 0.3 is 0 Å². The van der Waals surface area contributed by atoms with Crippen molar-refractivity contribution >= 4 is 11.5 Å². The second-order valence-electron chi connectivity index (χ2n) is 4.28. The van der Waals surface area contributed by atoms with E-state index >= 15 is 0 Å². The van der Waals surface area contributed by atoms with E-state index in [0.29, 0.717) is 17.1 Å². The molecule has 0 atom stereocenters. The molecule has 0 radical (unpaired) electrons. The fraction of sp³-hybridized carbons (Fsp3) is 0.143. The minimum absolute atomic E-state index is 0.0406. The Kier molecular flexibility index (Phi) is 3.66. The van der Waals surface area contributed by atoms with Crippen LogP contribution in [0.15, 0.2) is 42.7 Å². The van der Waals surface area contributed by atoms with Crippen LogP contribution in [-0.4, -0.2) is 24.9 Å². The van der Waals surface area contributed by atoms with Crippen molar-refractivity contribution in [1.29, 1.82) is 5.41 Å². The number of rotatable bonds is 4. The Morgan fingerprint density at radius 3 is 2.79 bits per heavy atom. The van der Waals surface area contributed by atoms with E-state index in [4.69, 9.17) is 15.9 Å². The Morgan fingerprint density at radius 2 is 2.11 bits per heavy atom. The summed E-state index contributed by atoms with van der Waals surface area (Å²) in [5, 5.41) is 7.51. The Labute approximate surface area is 112 Å². The molecule has 0 aliphatic carbocycles. The van der Waals surface area contributed by atoms with E-state index in [-0.39, 0.29) is 5.84 Å². The van der Waals surface area contributed by atoms with E-state index in [1.165, 1.54) is 0 Å². The Balaban J connectivity index is 2.31. The number of hydrogen-bond acceptors (Lipinski definition) is 4. The van der Waals surface area contributed by atoms with Crippen LogP contribution in [0.1, 0.15) is 5.56 Å². The largest absolute Gasteiger partial charge is 0.455 e. The molecule has 3 N–H and O–H groups in total. The Bertz CT molecular complexity index is 596. The highest BCUT2D eigenvalue weighted by Gasteiger charge is 2.08. The number of aromatic nitrogens is 1. The summed E-state index contributed by atoms with van der Waals surface area (Å²) in [5.74, 6) is 1.12. The van der Waals surface area contributed by atoms with Gasteiger partial charge in [0.05, 0.1) is 11.8 Å². The smallest absolute Gasteiger partial charge is 0.156 e. The van der Waals surface area contributed by atoms with E-state index in [1.54, 1.807) is 18.5 Å². The number of ether oxygens (including phenoxy) is 1. The molecule has 0 aliphatic heterocycles. The molecule has 0 bridgehead atoms. The van der Waals surface area contributed by atoms with E-state index in [0.717, 1.165) is 5.69 Å². The van der Waals surface area contributed by atoms with Gasteiger partial charge in [-0.25, -0.2) is 0 Å². The Hall–Kier alpha value is -2.56. The second-order valence-corrected chi connectivity index (χ2v) is 4.28. The van der Waals surface area contributed by atoms with Gasteiger partial charge in [-0.2, -0.15) is 0 Å². The zero-order valence-electron chi connectivity index (χ0n) is 10.9. The number of anilines is 1. The SMILES string of the molecule is CN(C)c1cccc(Oc2cnccc2C(=N)N)c1. The molecule has 0 saturated heterocycles. The van der Waals surface area contributed by atoms with E-state index in [2.05, 4.69) is 4.98 Å². The third-order valence-electron chi connectivity index (χ3n) is 2.64. The predicted molar refractivity (Wildman–Crippen MR) is 76.1 cm³/mol. The minimum atomic E-state index is -0.0406. The van der Waals surface area contributed by atoms with Gasteiger partial charge in [-0.05, 0) is 18.2 Å². The van der Waals surface area contributed by atoms with Gasteiger partial charge in [-0.1, -0.05) is 6.07 Å². The molecule has 2 aromatic rings. The summed E-state index contributed by atoms with van der Waals surface area (Å²) in [5.41, 5.74) is 7.08.